The van der Waals surface area contributed by atoms with Gasteiger partial charge in [0.25, 0.3) is 0 Å². The van der Waals surface area contributed by atoms with Crippen LogP contribution in [0.1, 0.15) is 52.2 Å². The number of rotatable bonds is 6. The highest BCUT2D eigenvalue weighted by Crippen LogP contribution is 2.56. The van der Waals surface area contributed by atoms with E-state index in [-0.39, 0.29) is 22.3 Å². The molecule has 0 amide bonds. The van der Waals surface area contributed by atoms with Gasteiger partial charge in [0, 0.05) is 18.1 Å². The third-order valence-corrected chi connectivity index (χ3v) is 10.2. The maximum atomic E-state index is 14.8. The third-order valence-electron chi connectivity index (χ3n) is 10.2. The summed E-state index contributed by atoms with van der Waals surface area (Å²) in [5, 5.41) is 2.04. The molecule has 54 heavy (non-hydrogen) atoms. The Bertz CT molecular complexity index is 2810. The minimum atomic E-state index is -1.43. The van der Waals surface area contributed by atoms with E-state index in [4.69, 9.17) is 18.3 Å². The van der Waals surface area contributed by atoms with Crippen molar-refractivity contribution in [1.82, 2.24) is 0 Å². The zero-order chi connectivity index (χ0) is 37.0. The molecule has 0 N–H and O–H groups in total. The standard InChI is InChI=1S/C47H32O7/c1-28-36(27-37(30-15-7-3-8-16-30)31-17-9-4-10-18-31)43(49)40-34-23-26-39-41(35(34)24-25-38(40)51-28)44-42(46(50)53-39)45(52-29(2)48)47(54-44,32-19-11-5-12-20-32)33-21-13-6-14-22-33/h3-27,45H,1-2H3. The van der Waals surface area contributed by atoms with Gasteiger partial charge in [-0.15, -0.1) is 0 Å². The summed E-state index contributed by atoms with van der Waals surface area (Å²) in [5.41, 5.74) is 2.98. The first-order valence-corrected chi connectivity index (χ1v) is 17.6. The van der Waals surface area contributed by atoms with E-state index >= 15 is 0 Å². The molecule has 0 spiro atoms. The van der Waals surface area contributed by atoms with Crippen LogP contribution in [-0.2, 0) is 15.1 Å². The maximum absolute atomic E-state index is 14.8. The minimum absolute atomic E-state index is 0.0768. The molecule has 0 saturated carbocycles. The van der Waals surface area contributed by atoms with E-state index in [0.717, 1.165) is 16.7 Å². The number of esters is 1. The van der Waals surface area contributed by atoms with Gasteiger partial charge >= 0.3 is 11.6 Å². The molecule has 7 heteroatoms. The monoisotopic (exact) mass is 708 g/mol. The summed E-state index contributed by atoms with van der Waals surface area (Å²) in [6.45, 7) is 3.10. The van der Waals surface area contributed by atoms with Crippen molar-refractivity contribution in [3.63, 3.8) is 0 Å². The first-order chi connectivity index (χ1) is 26.3. The van der Waals surface area contributed by atoms with Gasteiger partial charge in [-0.3, -0.25) is 9.59 Å². The second kappa shape index (κ2) is 12.9. The van der Waals surface area contributed by atoms with Crippen molar-refractivity contribution in [2.45, 2.75) is 25.6 Å². The number of aryl methyl sites for hydroxylation is 1. The van der Waals surface area contributed by atoms with Crippen LogP contribution in [0.25, 0.3) is 44.4 Å². The Labute approximate surface area is 309 Å². The molecule has 6 aromatic carbocycles. The smallest absolute Gasteiger partial charge is 0.347 e. The number of carbonyl (C=O) groups excluding carboxylic acids is 1. The maximum Gasteiger partial charge on any atom is 0.347 e. The number of ether oxygens (including phenoxy) is 2. The van der Waals surface area contributed by atoms with E-state index in [0.29, 0.717) is 49.6 Å². The average molecular weight is 709 g/mol. The normalized spacial score (nSPS) is 14.4. The van der Waals surface area contributed by atoms with Crippen molar-refractivity contribution in [1.29, 1.82) is 0 Å². The fourth-order valence-electron chi connectivity index (χ4n) is 7.80. The largest absolute Gasteiger partial charge is 0.472 e. The Morgan fingerprint density at radius 2 is 1.15 bits per heavy atom. The molecule has 3 heterocycles. The lowest BCUT2D eigenvalue weighted by Gasteiger charge is -2.34. The topological polar surface area (TPSA) is 96.0 Å². The van der Waals surface area contributed by atoms with E-state index in [1.165, 1.54) is 6.92 Å². The van der Waals surface area contributed by atoms with Gasteiger partial charge in [-0.1, -0.05) is 121 Å². The molecule has 7 nitrogen and oxygen atoms in total. The van der Waals surface area contributed by atoms with E-state index in [9.17, 15) is 14.4 Å². The Morgan fingerprint density at radius 3 is 1.69 bits per heavy atom. The summed E-state index contributed by atoms with van der Waals surface area (Å²) in [4.78, 5) is 41.5. The summed E-state index contributed by atoms with van der Waals surface area (Å²) in [5.74, 6) is 0.110. The van der Waals surface area contributed by atoms with Crippen molar-refractivity contribution in [2.75, 3.05) is 0 Å². The molecule has 262 valence electrons. The van der Waals surface area contributed by atoms with Gasteiger partial charge in [0.1, 0.15) is 28.2 Å². The van der Waals surface area contributed by atoms with Crippen molar-refractivity contribution in [3.05, 3.63) is 205 Å². The molecule has 0 bridgehead atoms. The molecule has 8 aromatic rings. The highest BCUT2D eigenvalue weighted by Gasteiger charge is 2.56. The van der Waals surface area contributed by atoms with Crippen LogP contribution in [0.3, 0.4) is 0 Å². The fourth-order valence-corrected chi connectivity index (χ4v) is 7.80. The van der Waals surface area contributed by atoms with Crippen LogP contribution < -0.4 is 15.8 Å². The molecule has 0 saturated heterocycles. The van der Waals surface area contributed by atoms with Crippen LogP contribution in [0.2, 0.25) is 0 Å². The summed E-state index contributed by atoms with van der Waals surface area (Å²) < 4.78 is 25.5. The first kappa shape index (κ1) is 32.9. The number of carbonyl (C=O) groups is 1. The van der Waals surface area contributed by atoms with Crippen LogP contribution in [0.5, 0.6) is 5.75 Å². The molecule has 2 aromatic heterocycles. The molecule has 1 atom stereocenters. The summed E-state index contributed by atoms with van der Waals surface area (Å²) in [6, 6.07) is 45.6. The van der Waals surface area contributed by atoms with Crippen molar-refractivity contribution >= 4 is 50.3 Å². The second-order valence-corrected chi connectivity index (χ2v) is 13.4. The van der Waals surface area contributed by atoms with Gasteiger partial charge in [-0.05, 0) is 64.7 Å². The highest BCUT2D eigenvalue weighted by molar-refractivity contribution is 6.17. The second-order valence-electron chi connectivity index (χ2n) is 13.4. The van der Waals surface area contributed by atoms with Crippen LogP contribution in [0, 0.1) is 6.92 Å². The van der Waals surface area contributed by atoms with E-state index in [1.54, 1.807) is 25.1 Å². The Kier molecular flexibility index (Phi) is 7.86. The van der Waals surface area contributed by atoms with Crippen LogP contribution >= 0.6 is 0 Å². The molecule has 0 fully saturated rings. The first-order valence-electron chi connectivity index (χ1n) is 17.6. The van der Waals surface area contributed by atoms with Gasteiger partial charge in [0.15, 0.2) is 6.10 Å². The SMILES string of the molecule is CC(=O)OC1c2c(c3c(ccc4c3ccc3oc(C)c(C=C(c5ccccc5)c5ccccc5)c(=O)c34)oc2=O)OC1(c1ccccc1)c1ccccc1. The highest BCUT2D eigenvalue weighted by atomic mass is 16.6. The molecule has 1 aliphatic rings. The molecule has 0 radical (unpaired) electrons. The van der Waals surface area contributed by atoms with E-state index < -0.39 is 23.3 Å². The summed E-state index contributed by atoms with van der Waals surface area (Å²) >= 11 is 0. The summed E-state index contributed by atoms with van der Waals surface area (Å²) in [6.07, 6.45) is 0.702. The minimum Gasteiger partial charge on any atom is -0.472 e. The van der Waals surface area contributed by atoms with Gasteiger partial charge in [0.05, 0.1) is 16.3 Å². The number of benzene rings is 6. The van der Waals surface area contributed by atoms with Crippen molar-refractivity contribution in [2.24, 2.45) is 0 Å². The lowest BCUT2D eigenvalue weighted by atomic mass is 9.80. The quantitative estimate of drug-likeness (QED) is 0.0964. The van der Waals surface area contributed by atoms with Gasteiger partial charge in [-0.25, -0.2) is 4.79 Å². The zero-order valence-corrected chi connectivity index (χ0v) is 29.4. The van der Waals surface area contributed by atoms with Gasteiger partial charge < -0.3 is 18.3 Å². The number of hydrogen-bond donors (Lipinski definition) is 0. The Balaban J connectivity index is 1.34. The summed E-state index contributed by atoms with van der Waals surface area (Å²) in [7, 11) is 0. The van der Waals surface area contributed by atoms with Gasteiger partial charge in [0.2, 0.25) is 11.0 Å². The molecular weight excluding hydrogens is 677 g/mol. The van der Waals surface area contributed by atoms with E-state index in [2.05, 4.69) is 0 Å². The van der Waals surface area contributed by atoms with Crippen LogP contribution in [0.15, 0.2) is 164 Å². The molecule has 1 aliphatic heterocycles. The lowest BCUT2D eigenvalue weighted by molar-refractivity contribution is -0.154. The fraction of sp³-hybridized carbons (Fsp3) is 0.0851. The molecule has 1 unspecified atom stereocenters. The molecule has 9 rings (SSSR count). The number of hydrogen-bond acceptors (Lipinski definition) is 7. The molecule has 0 aliphatic carbocycles. The molecular formula is C47H32O7. The van der Waals surface area contributed by atoms with E-state index in [1.807, 2.05) is 133 Å². The third kappa shape index (κ3) is 5.16. The Hall–Kier alpha value is -6.99. The van der Waals surface area contributed by atoms with Crippen LogP contribution in [0.4, 0.5) is 0 Å². The Morgan fingerprint density at radius 1 is 0.648 bits per heavy atom. The number of fused-ring (bicyclic) bond motifs is 7. The van der Waals surface area contributed by atoms with Crippen molar-refractivity contribution < 1.29 is 23.1 Å². The zero-order valence-electron chi connectivity index (χ0n) is 29.4. The lowest BCUT2D eigenvalue weighted by Crippen LogP contribution is -2.39. The predicted octanol–water partition coefficient (Wildman–Crippen LogP) is 9.89. The van der Waals surface area contributed by atoms with Crippen LogP contribution in [-0.4, -0.2) is 5.97 Å². The van der Waals surface area contributed by atoms with Crippen molar-refractivity contribution in [3.8, 4) is 5.75 Å². The van der Waals surface area contributed by atoms with Gasteiger partial charge in [-0.2, -0.15) is 0 Å². The average Bonchev–Trinajstić information content (AvgIpc) is 3.54. The predicted molar refractivity (Wildman–Crippen MR) is 209 cm³/mol.